The maximum atomic E-state index is 12.5. The van der Waals surface area contributed by atoms with Crippen LogP contribution in [0.5, 0.6) is 28.7 Å². The van der Waals surface area contributed by atoms with Gasteiger partial charge in [0.2, 0.25) is 0 Å². The SMILES string of the molecule is CC1(C)Oc2c(O)cc([C@H]3CC(=O)c4c(O)cc(O)cc4O3)cc2C[C@@H]1O. The third kappa shape index (κ3) is 2.84. The molecule has 0 unspecified atom stereocenters. The molecule has 142 valence electrons. The minimum absolute atomic E-state index is 0.0293. The Morgan fingerprint density at radius 1 is 1.04 bits per heavy atom. The number of carbonyl (C=O) groups excluding carboxylic acids is 1. The van der Waals surface area contributed by atoms with Crippen LogP contribution in [0.3, 0.4) is 0 Å². The van der Waals surface area contributed by atoms with E-state index in [4.69, 9.17) is 9.47 Å². The normalized spacial score (nSPS) is 23.0. The van der Waals surface area contributed by atoms with Gasteiger partial charge in [-0.1, -0.05) is 0 Å². The van der Waals surface area contributed by atoms with Crippen molar-refractivity contribution < 1.29 is 34.7 Å². The van der Waals surface area contributed by atoms with Crippen LogP contribution in [0, 0.1) is 0 Å². The number of ether oxygens (including phenoxy) is 2. The second kappa shape index (κ2) is 5.79. The minimum Gasteiger partial charge on any atom is -0.508 e. The van der Waals surface area contributed by atoms with Gasteiger partial charge in [0.15, 0.2) is 17.3 Å². The van der Waals surface area contributed by atoms with Crippen molar-refractivity contribution in [1.82, 2.24) is 0 Å². The summed E-state index contributed by atoms with van der Waals surface area (Å²) >= 11 is 0. The summed E-state index contributed by atoms with van der Waals surface area (Å²) in [7, 11) is 0. The van der Waals surface area contributed by atoms with Gasteiger partial charge in [-0.3, -0.25) is 4.79 Å². The van der Waals surface area contributed by atoms with Crippen LogP contribution in [0.4, 0.5) is 0 Å². The predicted molar refractivity (Wildman–Crippen MR) is 94.6 cm³/mol. The fourth-order valence-corrected chi connectivity index (χ4v) is 3.55. The first kappa shape index (κ1) is 17.5. The fourth-order valence-electron chi connectivity index (χ4n) is 3.55. The summed E-state index contributed by atoms with van der Waals surface area (Å²) in [6.07, 6.45) is -1.18. The van der Waals surface area contributed by atoms with Gasteiger partial charge in [-0.05, 0) is 31.5 Å². The summed E-state index contributed by atoms with van der Waals surface area (Å²) in [6, 6.07) is 5.57. The highest BCUT2D eigenvalue weighted by atomic mass is 16.5. The lowest BCUT2D eigenvalue weighted by Gasteiger charge is -2.37. The van der Waals surface area contributed by atoms with Crippen molar-refractivity contribution in [3.8, 4) is 28.7 Å². The molecule has 0 amide bonds. The number of rotatable bonds is 1. The van der Waals surface area contributed by atoms with Crippen molar-refractivity contribution >= 4 is 5.78 Å². The van der Waals surface area contributed by atoms with E-state index in [9.17, 15) is 25.2 Å². The van der Waals surface area contributed by atoms with E-state index in [0.29, 0.717) is 23.3 Å². The van der Waals surface area contributed by atoms with Gasteiger partial charge in [0.1, 0.15) is 34.5 Å². The molecule has 0 bridgehead atoms. The highest BCUT2D eigenvalue weighted by Gasteiger charge is 2.38. The van der Waals surface area contributed by atoms with Gasteiger partial charge in [-0.25, -0.2) is 0 Å². The molecule has 4 rings (SSSR count). The van der Waals surface area contributed by atoms with E-state index in [1.54, 1.807) is 19.9 Å². The number of aromatic hydroxyl groups is 3. The number of aliphatic hydroxyl groups is 1. The number of phenols is 3. The van der Waals surface area contributed by atoms with Crippen LogP contribution in [0.15, 0.2) is 24.3 Å². The van der Waals surface area contributed by atoms with Crippen LogP contribution < -0.4 is 9.47 Å². The highest BCUT2D eigenvalue weighted by molar-refractivity contribution is 6.02. The molecule has 0 radical (unpaired) electrons. The molecule has 2 aliphatic rings. The van der Waals surface area contributed by atoms with Crippen molar-refractivity contribution in [1.29, 1.82) is 0 Å². The summed E-state index contributed by atoms with van der Waals surface area (Å²) in [4.78, 5) is 12.5. The van der Waals surface area contributed by atoms with Crippen LogP contribution >= 0.6 is 0 Å². The van der Waals surface area contributed by atoms with Gasteiger partial charge < -0.3 is 29.9 Å². The van der Waals surface area contributed by atoms with Crippen LogP contribution in [0.2, 0.25) is 0 Å². The van der Waals surface area contributed by atoms with Crippen molar-refractivity contribution in [2.24, 2.45) is 0 Å². The van der Waals surface area contributed by atoms with Crippen molar-refractivity contribution in [2.75, 3.05) is 0 Å². The lowest BCUT2D eigenvalue weighted by atomic mass is 9.88. The van der Waals surface area contributed by atoms with Crippen molar-refractivity contribution in [3.63, 3.8) is 0 Å². The Bertz CT molecular complexity index is 948. The molecule has 0 aromatic heterocycles. The molecule has 2 aliphatic heterocycles. The van der Waals surface area contributed by atoms with E-state index in [1.807, 2.05) is 0 Å². The molecule has 0 aliphatic carbocycles. The summed E-state index contributed by atoms with van der Waals surface area (Å²) in [5.41, 5.74) is 0.379. The quantitative estimate of drug-likeness (QED) is 0.608. The zero-order valence-corrected chi connectivity index (χ0v) is 14.9. The predicted octanol–water partition coefficient (Wildman–Crippen LogP) is 2.58. The topological polar surface area (TPSA) is 116 Å². The Morgan fingerprint density at radius 2 is 1.78 bits per heavy atom. The molecule has 2 aromatic rings. The number of hydrogen-bond donors (Lipinski definition) is 4. The molecule has 0 saturated heterocycles. The van der Waals surface area contributed by atoms with Crippen LogP contribution in [-0.4, -0.2) is 37.9 Å². The summed E-state index contributed by atoms with van der Waals surface area (Å²) < 4.78 is 11.5. The molecule has 2 atom stereocenters. The highest BCUT2D eigenvalue weighted by Crippen LogP contribution is 2.45. The van der Waals surface area contributed by atoms with E-state index >= 15 is 0 Å². The van der Waals surface area contributed by atoms with Crippen molar-refractivity contribution in [2.45, 2.75) is 44.5 Å². The third-order valence-corrected chi connectivity index (χ3v) is 5.11. The molecular weight excluding hydrogens is 352 g/mol. The van der Waals surface area contributed by atoms with Crippen LogP contribution in [0.1, 0.15) is 47.9 Å². The summed E-state index contributed by atoms with van der Waals surface area (Å²) in [6.45, 7) is 3.49. The number of fused-ring (bicyclic) bond motifs is 2. The summed E-state index contributed by atoms with van der Waals surface area (Å²) in [5.74, 6) is -0.570. The molecule has 7 nitrogen and oxygen atoms in total. The van der Waals surface area contributed by atoms with Crippen LogP contribution in [-0.2, 0) is 6.42 Å². The largest absolute Gasteiger partial charge is 0.508 e. The molecular formula is C20H20O7. The molecule has 0 fully saturated rings. The van der Waals surface area contributed by atoms with Gasteiger partial charge in [-0.2, -0.15) is 0 Å². The van der Waals surface area contributed by atoms with Gasteiger partial charge in [0, 0.05) is 24.1 Å². The maximum absolute atomic E-state index is 12.5. The fraction of sp³-hybridized carbons (Fsp3) is 0.350. The van der Waals surface area contributed by atoms with E-state index in [1.165, 1.54) is 12.1 Å². The number of carbonyl (C=O) groups is 1. The third-order valence-electron chi connectivity index (χ3n) is 5.11. The number of hydrogen-bond acceptors (Lipinski definition) is 7. The lowest BCUT2D eigenvalue weighted by Crippen LogP contribution is -2.46. The Labute approximate surface area is 155 Å². The molecule has 0 spiro atoms. The molecule has 4 N–H and O–H groups in total. The standard InChI is InChI=1S/C20H20O7/c1-20(2)17(25)5-10-3-9(4-14(24)19(10)27-20)15-8-13(23)18-12(22)6-11(21)7-16(18)26-15/h3-4,6-7,15,17,21-22,24-25H,5,8H2,1-2H3/t15-,17+/m1/s1. The Balaban J connectivity index is 1.72. The monoisotopic (exact) mass is 372 g/mol. The first-order valence-corrected chi connectivity index (χ1v) is 8.64. The molecule has 2 aromatic carbocycles. The average molecular weight is 372 g/mol. The smallest absolute Gasteiger partial charge is 0.174 e. The van der Waals surface area contributed by atoms with Gasteiger partial charge in [0.25, 0.3) is 0 Å². The Morgan fingerprint density at radius 3 is 2.52 bits per heavy atom. The molecule has 0 saturated carbocycles. The lowest BCUT2D eigenvalue weighted by molar-refractivity contribution is -0.0426. The first-order valence-electron chi connectivity index (χ1n) is 8.64. The second-order valence-corrected chi connectivity index (χ2v) is 7.53. The summed E-state index contributed by atoms with van der Waals surface area (Å²) in [5, 5.41) is 40.2. The number of ketones is 1. The molecule has 27 heavy (non-hydrogen) atoms. The van der Waals surface area contributed by atoms with Gasteiger partial charge in [0.05, 0.1) is 12.5 Å². The number of Topliss-reactive ketones (excluding diaryl/α,β-unsaturated/α-hetero) is 1. The first-order chi connectivity index (χ1) is 12.7. The average Bonchev–Trinajstić information content (AvgIpc) is 2.55. The maximum Gasteiger partial charge on any atom is 0.174 e. The number of phenolic OH excluding ortho intramolecular Hbond substituents is 3. The van der Waals surface area contributed by atoms with E-state index in [2.05, 4.69) is 0 Å². The Hall–Kier alpha value is -2.93. The zero-order chi connectivity index (χ0) is 19.5. The van der Waals surface area contributed by atoms with Crippen molar-refractivity contribution in [3.05, 3.63) is 41.0 Å². The van der Waals surface area contributed by atoms with Gasteiger partial charge in [-0.15, -0.1) is 0 Å². The van der Waals surface area contributed by atoms with E-state index < -0.39 is 17.8 Å². The number of aliphatic hydroxyl groups excluding tert-OH is 1. The zero-order valence-electron chi connectivity index (χ0n) is 14.9. The Kier molecular flexibility index (Phi) is 3.75. The molecule has 2 heterocycles. The molecule has 7 heteroatoms. The van der Waals surface area contributed by atoms with E-state index in [-0.39, 0.29) is 40.8 Å². The van der Waals surface area contributed by atoms with Crippen LogP contribution in [0.25, 0.3) is 0 Å². The second-order valence-electron chi connectivity index (χ2n) is 7.53. The van der Waals surface area contributed by atoms with Gasteiger partial charge >= 0.3 is 0 Å². The minimum atomic E-state index is -0.822. The number of benzene rings is 2. The van der Waals surface area contributed by atoms with E-state index in [0.717, 1.165) is 6.07 Å².